The number of hydrogen-bond acceptors (Lipinski definition) is 5. The van der Waals surface area contributed by atoms with Crippen molar-refractivity contribution in [3.05, 3.63) is 53.6 Å². The molecule has 0 aliphatic carbocycles. The first-order chi connectivity index (χ1) is 10.8. The fourth-order valence-electron chi connectivity index (χ4n) is 2.57. The van der Waals surface area contributed by atoms with Crippen LogP contribution in [0.5, 0.6) is 17.2 Å². The second-order valence-corrected chi connectivity index (χ2v) is 5.18. The zero-order valence-electron chi connectivity index (χ0n) is 11.9. The highest BCUT2D eigenvalue weighted by Crippen LogP contribution is 2.44. The summed E-state index contributed by atoms with van der Waals surface area (Å²) < 4.78 is 21.3. The van der Waals surface area contributed by atoms with Crippen LogP contribution in [0.25, 0.3) is 0 Å². The van der Waals surface area contributed by atoms with E-state index in [1.54, 1.807) is 31.4 Å². The largest absolute Gasteiger partial charge is 0.497 e. The van der Waals surface area contributed by atoms with Crippen molar-refractivity contribution in [1.29, 1.82) is 0 Å². The molecule has 0 unspecified atom stereocenters. The molecule has 5 nitrogen and oxygen atoms in total. The van der Waals surface area contributed by atoms with E-state index in [0.717, 1.165) is 17.1 Å². The van der Waals surface area contributed by atoms with E-state index in [-0.39, 0.29) is 18.7 Å². The minimum Gasteiger partial charge on any atom is -0.497 e. The number of carbonyl (C=O) groups is 1. The molecule has 5 heteroatoms. The molecule has 0 bridgehead atoms. The first-order valence-corrected chi connectivity index (χ1v) is 6.99. The topological polar surface area (TPSA) is 57.3 Å². The molecular formula is C17H14O5. The Hall–Kier alpha value is -2.53. The molecule has 0 radical (unpaired) electrons. The van der Waals surface area contributed by atoms with Gasteiger partial charge in [0.2, 0.25) is 6.79 Å². The summed E-state index contributed by atoms with van der Waals surface area (Å²) in [7, 11) is 1.59. The Morgan fingerprint density at radius 1 is 1.09 bits per heavy atom. The minimum atomic E-state index is -0.436. The zero-order chi connectivity index (χ0) is 15.1. The van der Waals surface area contributed by atoms with Crippen molar-refractivity contribution in [1.82, 2.24) is 0 Å². The van der Waals surface area contributed by atoms with Crippen LogP contribution in [-0.4, -0.2) is 25.8 Å². The number of hydrogen-bond donors (Lipinski definition) is 0. The van der Waals surface area contributed by atoms with E-state index in [0.29, 0.717) is 11.3 Å². The number of ketones is 1. The highest BCUT2D eigenvalue weighted by Gasteiger charge is 2.46. The van der Waals surface area contributed by atoms with Gasteiger partial charge in [-0.2, -0.15) is 0 Å². The van der Waals surface area contributed by atoms with Crippen LogP contribution >= 0.6 is 0 Å². The summed E-state index contributed by atoms with van der Waals surface area (Å²) in [5, 5.41) is 0. The van der Waals surface area contributed by atoms with E-state index in [1.165, 1.54) is 0 Å². The lowest BCUT2D eigenvalue weighted by atomic mass is 10.0. The molecule has 2 aromatic rings. The molecule has 1 fully saturated rings. The van der Waals surface area contributed by atoms with Crippen molar-refractivity contribution in [3.8, 4) is 17.2 Å². The van der Waals surface area contributed by atoms with Gasteiger partial charge in [0.25, 0.3) is 0 Å². The Kier molecular flexibility index (Phi) is 3.01. The molecule has 0 spiro atoms. The van der Waals surface area contributed by atoms with E-state index in [4.69, 9.17) is 18.9 Å². The average molecular weight is 298 g/mol. The molecule has 0 saturated carbocycles. The lowest BCUT2D eigenvalue weighted by Crippen LogP contribution is -2.08. The molecule has 2 aliphatic heterocycles. The maximum atomic E-state index is 12.4. The fraction of sp³-hybridized carbons (Fsp3) is 0.235. The van der Waals surface area contributed by atoms with Crippen LogP contribution in [-0.2, 0) is 4.74 Å². The highest BCUT2D eigenvalue weighted by atomic mass is 16.7. The number of epoxide rings is 1. The zero-order valence-corrected chi connectivity index (χ0v) is 11.9. The van der Waals surface area contributed by atoms with Gasteiger partial charge in [-0.3, -0.25) is 4.79 Å². The van der Waals surface area contributed by atoms with Crippen LogP contribution in [0.3, 0.4) is 0 Å². The summed E-state index contributed by atoms with van der Waals surface area (Å²) in [6.45, 7) is 0.235. The quantitative estimate of drug-likeness (QED) is 0.641. The molecule has 2 atom stereocenters. The monoisotopic (exact) mass is 298 g/mol. The van der Waals surface area contributed by atoms with E-state index in [2.05, 4.69) is 0 Å². The van der Waals surface area contributed by atoms with Gasteiger partial charge in [-0.05, 0) is 42.0 Å². The molecule has 0 N–H and O–H groups in total. The van der Waals surface area contributed by atoms with Gasteiger partial charge in [-0.25, -0.2) is 0 Å². The number of ether oxygens (including phenoxy) is 4. The Morgan fingerprint density at radius 3 is 2.64 bits per heavy atom. The lowest BCUT2D eigenvalue weighted by Gasteiger charge is -2.01. The third kappa shape index (κ3) is 2.19. The standard InChI is InChI=1S/C17H14O5/c1-19-12-5-2-10(3-6-12)15(18)17-16(22-17)11-4-7-13-14(8-11)21-9-20-13/h2-8,16-17H,9H2,1H3/t16-,17-/m1/s1. The van der Waals surface area contributed by atoms with Crippen molar-refractivity contribution < 1.29 is 23.7 Å². The van der Waals surface area contributed by atoms with Crippen molar-refractivity contribution in [2.24, 2.45) is 0 Å². The second kappa shape index (κ2) is 5.03. The number of fused-ring (bicyclic) bond motifs is 1. The summed E-state index contributed by atoms with van der Waals surface area (Å²) in [6, 6.07) is 12.7. The van der Waals surface area contributed by atoms with Crippen LogP contribution in [0.4, 0.5) is 0 Å². The summed E-state index contributed by atoms with van der Waals surface area (Å²) in [5.41, 5.74) is 1.55. The van der Waals surface area contributed by atoms with Crippen LogP contribution in [0.2, 0.25) is 0 Å². The van der Waals surface area contributed by atoms with Gasteiger partial charge in [0.15, 0.2) is 23.4 Å². The Labute approximate surface area is 127 Å². The van der Waals surface area contributed by atoms with Crippen LogP contribution in [0.1, 0.15) is 22.0 Å². The maximum Gasteiger partial charge on any atom is 0.231 e. The molecule has 2 aliphatic rings. The smallest absolute Gasteiger partial charge is 0.231 e. The third-order valence-electron chi connectivity index (χ3n) is 3.85. The molecule has 4 rings (SSSR count). The average Bonchev–Trinajstić information content (AvgIpc) is 3.23. The van der Waals surface area contributed by atoms with Crippen molar-refractivity contribution in [2.45, 2.75) is 12.2 Å². The highest BCUT2D eigenvalue weighted by molar-refractivity contribution is 6.01. The number of carbonyl (C=O) groups excluding carboxylic acids is 1. The first-order valence-electron chi connectivity index (χ1n) is 6.99. The molecule has 2 heterocycles. The molecule has 0 aromatic heterocycles. The van der Waals surface area contributed by atoms with Crippen molar-refractivity contribution >= 4 is 5.78 Å². The predicted molar refractivity (Wildman–Crippen MR) is 77.5 cm³/mol. The van der Waals surface area contributed by atoms with Gasteiger partial charge in [0, 0.05) is 5.56 Å². The second-order valence-electron chi connectivity index (χ2n) is 5.18. The minimum absolute atomic E-state index is 0.0229. The van der Waals surface area contributed by atoms with Gasteiger partial charge in [0.05, 0.1) is 7.11 Å². The number of rotatable bonds is 4. The maximum absolute atomic E-state index is 12.4. The fourth-order valence-corrected chi connectivity index (χ4v) is 2.57. The normalized spacial score (nSPS) is 21.5. The Bertz CT molecular complexity index is 722. The van der Waals surface area contributed by atoms with E-state index in [9.17, 15) is 4.79 Å². The Balaban J connectivity index is 1.50. The van der Waals surface area contributed by atoms with Crippen LogP contribution < -0.4 is 14.2 Å². The van der Waals surface area contributed by atoms with Gasteiger partial charge in [-0.15, -0.1) is 0 Å². The summed E-state index contributed by atoms with van der Waals surface area (Å²) in [5.74, 6) is 2.12. The summed E-state index contributed by atoms with van der Waals surface area (Å²) in [6.07, 6.45) is -0.655. The summed E-state index contributed by atoms with van der Waals surface area (Å²) >= 11 is 0. The summed E-state index contributed by atoms with van der Waals surface area (Å²) in [4.78, 5) is 12.4. The Morgan fingerprint density at radius 2 is 1.86 bits per heavy atom. The first kappa shape index (κ1) is 13.2. The van der Waals surface area contributed by atoms with E-state index < -0.39 is 6.10 Å². The molecule has 2 aromatic carbocycles. The SMILES string of the molecule is COc1ccc(C(=O)[C@H]2O[C@@H]2c2ccc3c(c2)OCO3)cc1. The van der Waals surface area contributed by atoms with Crippen LogP contribution in [0, 0.1) is 0 Å². The number of methoxy groups -OCH3 is 1. The van der Waals surface area contributed by atoms with Gasteiger partial charge < -0.3 is 18.9 Å². The van der Waals surface area contributed by atoms with E-state index in [1.807, 2.05) is 18.2 Å². The number of Topliss-reactive ketones (excluding diaryl/α,β-unsaturated/α-hetero) is 1. The van der Waals surface area contributed by atoms with Crippen molar-refractivity contribution in [3.63, 3.8) is 0 Å². The van der Waals surface area contributed by atoms with Crippen molar-refractivity contribution in [2.75, 3.05) is 13.9 Å². The molecule has 1 saturated heterocycles. The molecule has 0 amide bonds. The van der Waals surface area contributed by atoms with E-state index >= 15 is 0 Å². The van der Waals surface area contributed by atoms with Gasteiger partial charge in [-0.1, -0.05) is 6.07 Å². The molecular weight excluding hydrogens is 284 g/mol. The lowest BCUT2D eigenvalue weighted by molar-refractivity contribution is 0.0953. The van der Waals surface area contributed by atoms with Gasteiger partial charge in [0.1, 0.15) is 11.9 Å². The molecule has 112 valence electrons. The predicted octanol–water partition coefficient (Wildman–Crippen LogP) is 2.75. The van der Waals surface area contributed by atoms with Crippen LogP contribution in [0.15, 0.2) is 42.5 Å². The molecule has 22 heavy (non-hydrogen) atoms. The third-order valence-corrected chi connectivity index (χ3v) is 3.85. The number of benzene rings is 2. The van der Waals surface area contributed by atoms with Gasteiger partial charge >= 0.3 is 0 Å².